The summed E-state index contributed by atoms with van der Waals surface area (Å²) in [5, 5.41) is 55.5. The Morgan fingerprint density at radius 2 is 1.44 bits per heavy atom. The molecule has 2 fully saturated rings. The van der Waals surface area contributed by atoms with Gasteiger partial charge in [0.15, 0.2) is 12.6 Å². The largest absolute Gasteiger partial charge is 0.394 e. The fourth-order valence-corrected chi connectivity index (χ4v) is 3.64. The first-order chi connectivity index (χ1) is 15.1. The van der Waals surface area contributed by atoms with Crippen LogP contribution in [-0.2, 0) is 28.5 Å². The molecule has 2 amide bonds. The van der Waals surface area contributed by atoms with E-state index in [2.05, 4.69) is 16.6 Å². The molecule has 0 saturated carbocycles. The van der Waals surface area contributed by atoms with E-state index in [0.29, 0.717) is 0 Å². The van der Waals surface area contributed by atoms with E-state index in [1.165, 1.54) is 13.8 Å². The summed E-state index contributed by atoms with van der Waals surface area (Å²) in [7, 11) is 0. The second-order valence-corrected chi connectivity index (χ2v) is 7.49. The van der Waals surface area contributed by atoms with Crippen molar-refractivity contribution in [3.63, 3.8) is 0 Å². The summed E-state index contributed by atoms with van der Waals surface area (Å²) >= 11 is 0. The molecule has 0 bridgehead atoms. The number of aliphatic hydroxyl groups excluding tert-OH is 5. The normalized spacial score (nSPS) is 39.7. The Balaban J connectivity index is 2.30. The van der Waals surface area contributed by atoms with E-state index in [-0.39, 0.29) is 6.61 Å². The molecule has 2 heterocycles. The fraction of sp³-hybridized carbons (Fsp3) is 0.789. The zero-order chi connectivity index (χ0) is 24.0. The van der Waals surface area contributed by atoms with Crippen LogP contribution >= 0.6 is 0 Å². The molecule has 182 valence electrons. The summed E-state index contributed by atoms with van der Waals surface area (Å²) in [5.74, 6) is 1.15. The molecule has 10 unspecified atom stereocenters. The summed E-state index contributed by atoms with van der Waals surface area (Å²) in [4.78, 5) is 23.2. The highest BCUT2D eigenvalue weighted by atomic mass is 16.7. The number of ether oxygens (including phenoxy) is 4. The van der Waals surface area contributed by atoms with Crippen LogP contribution in [0.4, 0.5) is 0 Å². The molecule has 13 nitrogen and oxygen atoms in total. The third-order valence-corrected chi connectivity index (χ3v) is 5.10. The molecule has 2 aliphatic heterocycles. The number of hydrogen-bond acceptors (Lipinski definition) is 11. The summed E-state index contributed by atoms with van der Waals surface area (Å²) < 4.78 is 22.2. The lowest BCUT2D eigenvalue weighted by Crippen LogP contribution is -2.69. The summed E-state index contributed by atoms with van der Waals surface area (Å²) in [6.45, 7) is 0.865. The van der Waals surface area contributed by atoms with Gasteiger partial charge in [-0.25, -0.2) is 0 Å². The molecule has 10 atom stereocenters. The van der Waals surface area contributed by atoms with Crippen molar-refractivity contribution < 1.29 is 54.1 Å². The quantitative estimate of drug-likeness (QED) is 0.172. The molecule has 2 aliphatic rings. The number of carbonyl (C=O) groups is 2. The van der Waals surface area contributed by atoms with Gasteiger partial charge < -0.3 is 55.1 Å². The molecule has 2 rings (SSSR count). The van der Waals surface area contributed by atoms with E-state index in [1.54, 1.807) is 0 Å². The predicted molar refractivity (Wildman–Crippen MR) is 104 cm³/mol. The standard InChI is InChI=1S/C19H30N2O11/c1-4-5-29-18-13(21-9(3)25)16(28)17(11(7-23)31-18)32-19-12(20-8(2)24)15(27)14(26)10(6-22)30-19/h1,10-19,22-23,26-28H,5-7H2,2-3H3,(H,20,24)(H,21,25). The van der Waals surface area contributed by atoms with Crippen LogP contribution in [0.2, 0.25) is 0 Å². The maximum Gasteiger partial charge on any atom is 0.217 e. The zero-order valence-electron chi connectivity index (χ0n) is 17.7. The number of aliphatic hydroxyl groups is 5. The van der Waals surface area contributed by atoms with Crippen LogP contribution in [-0.4, -0.2) is 118 Å². The Hall–Kier alpha value is -1.86. The maximum atomic E-state index is 11.6. The lowest BCUT2D eigenvalue weighted by atomic mass is 9.94. The monoisotopic (exact) mass is 462 g/mol. The molecule has 2 saturated heterocycles. The van der Waals surface area contributed by atoms with Crippen LogP contribution in [0.3, 0.4) is 0 Å². The van der Waals surface area contributed by atoms with Crippen LogP contribution in [0, 0.1) is 12.3 Å². The van der Waals surface area contributed by atoms with Crippen molar-refractivity contribution in [2.45, 2.75) is 75.1 Å². The first-order valence-corrected chi connectivity index (χ1v) is 9.96. The lowest BCUT2D eigenvalue weighted by molar-refractivity contribution is -0.331. The highest BCUT2D eigenvalue weighted by molar-refractivity contribution is 5.73. The molecule has 0 aromatic rings. The van der Waals surface area contributed by atoms with Gasteiger partial charge in [-0.2, -0.15) is 0 Å². The topological polar surface area (TPSA) is 196 Å². The second-order valence-electron chi connectivity index (χ2n) is 7.49. The second kappa shape index (κ2) is 11.8. The van der Waals surface area contributed by atoms with Crippen LogP contribution in [0.5, 0.6) is 0 Å². The first-order valence-electron chi connectivity index (χ1n) is 9.96. The van der Waals surface area contributed by atoms with Gasteiger partial charge in [0.1, 0.15) is 55.3 Å². The van der Waals surface area contributed by atoms with E-state index in [4.69, 9.17) is 25.4 Å². The van der Waals surface area contributed by atoms with Gasteiger partial charge in [-0.1, -0.05) is 5.92 Å². The minimum absolute atomic E-state index is 0.199. The van der Waals surface area contributed by atoms with E-state index in [1.807, 2.05) is 0 Å². The van der Waals surface area contributed by atoms with Crippen molar-refractivity contribution in [3.8, 4) is 12.3 Å². The van der Waals surface area contributed by atoms with E-state index in [0.717, 1.165) is 0 Å². The van der Waals surface area contributed by atoms with Gasteiger partial charge in [0.2, 0.25) is 11.8 Å². The molecule has 13 heteroatoms. The number of terminal acetylenes is 1. The Morgan fingerprint density at radius 1 is 0.906 bits per heavy atom. The highest BCUT2D eigenvalue weighted by Gasteiger charge is 2.51. The van der Waals surface area contributed by atoms with Crippen molar-refractivity contribution >= 4 is 11.8 Å². The predicted octanol–water partition coefficient (Wildman–Crippen LogP) is -4.45. The minimum Gasteiger partial charge on any atom is -0.394 e. The van der Waals surface area contributed by atoms with Gasteiger partial charge in [-0.05, 0) is 0 Å². The zero-order valence-corrected chi connectivity index (χ0v) is 17.7. The Labute approximate surface area is 184 Å². The van der Waals surface area contributed by atoms with Gasteiger partial charge in [0, 0.05) is 13.8 Å². The molecule has 0 aromatic heterocycles. The number of hydrogen-bond donors (Lipinski definition) is 7. The third kappa shape index (κ3) is 6.13. The SMILES string of the molecule is C#CCOC1OC(CO)C(OC2OC(CO)C(O)C(O)C2NC(C)=O)C(O)C1NC(C)=O. The smallest absolute Gasteiger partial charge is 0.217 e. The molecular formula is C19H30N2O11. The molecule has 0 radical (unpaired) electrons. The third-order valence-electron chi connectivity index (χ3n) is 5.10. The maximum absolute atomic E-state index is 11.6. The van der Waals surface area contributed by atoms with Crippen molar-refractivity contribution in [3.05, 3.63) is 0 Å². The fourth-order valence-electron chi connectivity index (χ4n) is 3.64. The average Bonchev–Trinajstić information content (AvgIpc) is 2.74. The van der Waals surface area contributed by atoms with Gasteiger partial charge in [0.05, 0.1) is 13.2 Å². The number of rotatable bonds is 8. The van der Waals surface area contributed by atoms with Crippen LogP contribution in [0.25, 0.3) is 0 Å². The van der Waals surface area contributed by atoms with E-state index >= 15 is 0 Å². The van der Waals surface area contributed by atoms with Crippen LogP contribution in [0.1, 0.15) is 13.8 Å². The van der Waals surface area contributed by atoms with Crippen LogP contribution < -0.4 is 10.6 Å². The Morgan fingerprint density at radius 3 is 1.94 bits per heavy atom. The summed E-state index contributed by atoms with van der Waals surface area (Å²) in [6.07, 6.45) is -5.90. The van der Waals surface area contributed by atoms with E-state index in [9.17, 15) is 35.1 Å². The van der Waals surface area contributed by atoms with Crippen molar-refractivity contribution in [2.75, 3.05) is 19.8 Å². The van der Waals surface area contributed by atoms with Gasteiger partial charge in [0.25, 0.3) is 0 Å². The lowest BCUT2D eigenvalue weighted by Gasteiger charge is -2.48. The summed E-state index contributed by atoms with van der Waals surface area (Å²) in [5.41, 5.74) is 0. The number of nitrogens with one attached hydrogen (secondary N) is 2. The molecule has 0 aromatic carbocycles. The van der Waals surface area contributed by atoms with Gasteiger partial charge >= 0.3 is 0 Å². The molecule has 7 N–H and O–H groups in total. The number of amides is 2. The molecule has 32 heavy (non-hydrogen) atoms. The molecular weight excluding hydrogens is 432 g/mol. The molecule has 0 aliphatic carbocycles. The number of carbonyl (C=O) groups excluding carboxylic acids is 2. The first kappa shape index (κ1) is 26.4. The molecule has 0 spiro atoms. The van der Waals surface area contributed by atoms with Gasteiger partial charge in [-0.15, -0.1) is 6.42 Å². The average molecular weight is 462 g/mol. The van der Waals surface area contributed by atoms with Crippen molar-refractivity contribution in [1.82, 2.24) is 10.6 Å². The van der Waals surface area contributed by atoms with Gasteiger partial charge in [-0.3, -0.25) is 9.59 Å². The van der Waals surface area contributed by atoms with Crippen LogP contribution in [0.15, 0.2) is 0 Å². The summed E-state index contributed by atoms with van der Waals surface area (Å²) in [6, 6.07) is -2.44. The van der Waals surface area contributed by atoms with Crippen molar-refractivity contribution in [1.29, 1.82) is 0 Å². The van der Waals surface area contributed by atoms with Crippen molar-refractivity contribution in [2.24, 2.45) is 0 Å². The minimum atomic E-state index is -1.58. The van der Waals surface area contributed by atoms with E-state index < -0.39 is 86.3 Å². The Kier molecular flexibility index (Phi) is 9.77. The Bertz CT molecular complexity index is 687. The highest BCUT2D eigenvalue weighted by Crippen LogP contribution is 2.29.